The molecule has 28 heavy (non-hydrogen) atoms. The number of carbonyl (C=O) groups is 3. The van der Waals surface area contributed by atoms with E-state index in [9.17, 15) is 14.4 Å². The van der Waals surface area contributed by atoms with Crippen molar-refractivity contribution in [3.05, 3.63) is 64.7 Å². The largest absolute Gasteiger partial charge is 0.462 e. The van der Waals surface area contributed by atoms with Crippen LogP contribution in [0.2, 0.25) is 5.02 Å². The molecule has 0 bridgehead atoms. The summed E-state index contributed by atoms with van der Waals surface area (Å²) in [6.07, 6.45) is 0.836. The van der Waals surface area contributed by atoms with Gasteiger partial charge in [0.15, 0.2) is 0 Å². The van der Waals surface area contributed by atoms with Crippen LogP contribution < -0.4 is 10.2 Å². The van der Waals surface area contributed by atoms with Crippen molar-refractivity contribution in [1.29, 1.82) is 0 Å². The normalized spacial score (nSPS) is 16.5. The highest BCUT2D eigenvalue weighted by Crippen LogP contribution is 2.23. The number of hydrogen-bond acceptors (Lipinski definition) is 5. The molecule has 6 nitrogen and oxygen atoms in total. The Morgan fingerprint density at radius 3 is 2.46 bits per heavy atom. The molecule has 1 N–H and O–H groups in total. The van der Waals surface area contributed by atoms with Gasteiger partial charge in [0.1, 0.15) is 0 Å². The molecule has 1 fully saturated rings. The number of halogens is 1. The van der Waals surface area contributed by atoms with Crippen molar-refractivity contribution in [3.63, 3.8) is 0 Å². The maximum atomic E-state index is 12.7. The van der Waals surface area contributed by atoms with Gasteiger partial charge in [0.25, 0.3) is 5.91 Å². The van der Waals surface area contributed by atoms with Gasteiger partial charge in [0.2, 0.25) is 5.91 Å². The van der Waals surface area contributed by atoms with Gasteiger partial charge in [-0.2, -0.15) is 0 Å². The monoisotopic (exact) mass is 400 g/mol. The lowest BCUT2D eigenvalue weighted by Gasteiger charge is -2.16. The predicted octanol–water partition coefficient (Wildman–Crippen LogP) is 2.98. The fourth-order valence-corrected chi connectivity index (χ4v) is 3.19. The number of amides is 2. The summed E-state index contributed by atoms with van der Waals surface area (Å²) in [6, 6.07) is 13.2. The maximum absolute atomic E-state index is 12.7. The summed E-state index contributed by atoms with van der Waals surface area (Å²) >= 11 is 5.87. The molecule has 0 unspecified atom stereocenters. The van der Waals surface area contributed by atoms with Crippen LogP contribution in [0.4, 0.5) is 5.69 Å². The molecule has 0 aliphatic carbocycles. The van der Waals surface area contributed by atoms with E-state index in [0.717, 1.165) is 16.9 Å². The Morgan fingerprint density at radius 1 is 1.14 bits per heavy atom. The molecule has 0 saturated carbocycles. The number of hydrogen-bond donors (Lipinski definition) is 1. The van der Waals surface area contributed by atoms with Gasteiger partial charge in [-0.3, -0.25) is 9.59 Å². The van der Waals surface area contributed by atoms with Crippen molar-refractivity contribution in [2.24, 2.45) is 0 Å². The number of ether oxygens (including phenoxy) is 1. The third-order valence-corrected chi connectivity index (χ3v) is 4.75. The van der Waals surface area contributed by atoms with Crippen LogP contribution in [0.15, 0.2) is 48.5 Å². The molecular weight excluding hydrogens is 380 g/mol. The number of anilines is 1. The first kappa shape index (κ1) is 20.0. The van der Waals surface area contributed by atoms with E-state index in [1.165, 1.54) is 0 Å². The summed E-state index contributed by atoms with van der Waals surface area (Å²) in [5.41, 5.74) is 1.92. The SMILES string of the molecule is CCOC(=O)c1ccc(N2C(=O)C[C@H](NCCc3ccc(Cl)cc3)C2=O)cc1. The van der Waals surface area contributed by atoms with E-state index < -0.39 is 12.0 Å². The molecule has 3 rings (SSSR count). The Kier molecular flexibility index (Phi) is 6.44. The topological polar surface area (TPSA) is 75.7 Å². The Bertz CT molecular complexity index is 865. The molecule has 1 atom stereocenters. The van der Waals surface area contributed by atoms with Gasteiger partial charge in [-0.15, -0.1) is 0 Å². The van der Waals surface area contributed by atoms with Crippen molar-refractivity contribution >= 4 is 35.1 Å². The van der Waals surface area contributed by atoms with E-state index in [1.807, 2.05) is 24.3 Å². The van der Waals surface area contributed by atoms with Gasteiger partial charge >= 0.3 is 5.97 Å². The molecular formula is C21H21ClN2O4. The average molecular weight is 401 g/mol. The zero-order valence-corrected chi connectivity index (χ0v) is 16.2. The van der Waals surface area contributed by atoms with E-state index in [0.29, 0.717) is 22.8 Å². The zero-order valence-electron chi connectivity index (χ0n) is 15.5. The molecule has 2 amide bonds. The minimum absolute atomic E-state index is 0.110. The quantitative estimate of drug-likeness (QED) is 0.571. The molecule has 1 saturated heterocycles. The Labute approximate surface area is 168 Å². The average Bonchev–Trinajstić information content (AvgIpc) is 2.97. The number of carbonyl (C=O) groups excluding carboxylic acids is 3. The molecule has 2 aromatic carbocycles. The number of rotatable bonds is 7. The minimum atomic E-state index is -0.551. The van der Waals surface area contributed by atoms with Crippen LogP contribution in [-0.2, 0) is 20.7 Å². The lowest BCUT2D eigenvalue weighted by Crippen LogP contribution is -2.39. The Morgan fingerprint density at radius 2 is 1.82 bits per heavy atom. The standard InChI is InChI=1S/C21H21ClN2O4/c1-2-28-21(27)15-5-9-17(10-6-15)24-19(25)13-18(20(24)26)23-12-11-14-3-7-16(22)8-4-14/h3-10,18,23H,2,11-13H2,1H3/t18-/m0/s1. The van der Waals surface area contributed by atoms with Gasteiger partial charge < -0.3 is 10.1 Å². The van der Waals surface area contributed by atoms with Crippen molar-refractivity contribution in [2.45, 2.75) is 25.8 Å². The molecule has 7 heteroatoms. The molecule has 0 spiro atoms. The number of esters is 1. The first-order valence-corrected chi connectivity index (χ1v) is 9.49. The fourth-order valence-electron chi connectivity index (χ4n) is 3.07. The lowest BCUT2D eigenvalue weighted by molar-refractivity contribution is -0.121. The van der Waals surface area contributed by atoms with E-state index in [1.54, 1.807) is 31.2 Å². The van der Waals surface area contributed by atoms with Gasteiger partial charge in [-0.1, -0.05) is 23.7 Å². The van der Waals surface area contributed by atoms with Crippen LogP contribution >= 0.6 is 11.6 Å². The summed E-state index contributed by atoms with van der Waals surface area (Å²) in [4.78, 5) is 37.9. The number of imide groups is 1. The number of benzene rings is 2. The van der Waals surface area contributed by atoms with E-state index in [4.69, 9.17) is 16.3 Å². The summed E-state index contributed by atoms with van der Waals surface area (Å²) in [6.45, 7) is 2.59. The second-order valence-corrected chi connectivity index (χ2v) is 6.86. The van der Waals surface area contributed by atoms with Crippen LogP contribution in [0.5, 0.6) is 0 Å². The molecule has 1 aliphatic heterocycles. The van der Waals surface area contributed by atoms with Crippen molar-refractivity contribution in [2.75, 3.05) is 18.1 Å². The van der Waals surface area contributed by atoms with Gasteiger partial charge in [0, 0.05) is 5.02 Å². The van der Waals surface area contributed by atoms with Crippen LogP contribution in [0.1, 0.15) is 29.3 Å². The summed E-state index contributed by atoms with van der Waals surface area (Å²) < 4.78 is 4.94. The van der Waals surface area contributed by atoms with Crippen molar-refractivity contribution in [3.8, 4) is 0 Å². The van der Waals surface area contributed by atoms with Crippen molar-refractivity contribution < 1.29 is 19.1 Å². The van der Waals surface area contributed by atoms with Crippen LogP contribution in [0, 0.1) is 0 Å². The minimum Gasteiger partial charge on any atom is -0.462 e. The summed E-state index contributed by atoms with van der Waals surface area (Å²) in [7, 11) is 0. The van der Waals surface area contributed by atoms with Crippen molar-refractivity contribution in [1.82, 2.24) is 5.32 Å². The first-order chi connectivity index (χ1) is 13.5. The Balaban J connectivity index is 1.59. The maximum Gasteiger partial charge on any atom is 0.338 e. The molecule has 0 radical (unpaired) electrons. The predicted molar refractivity (Wildman–Crippen MR) is 106 cm³/mol. The van der Waals surface area contributed by atoms with E-state index in [2.05, 4.69) is 5.32 Å². The number of nitrogens with zero attached hydrogens (tertiary/aromatic N) is 1. The molecule has 0 aromatic heterocycles. The molecule has 146 valence electrons. The van der Waals surface area contributed by atoms with Gasteiger partial charge in [-0.25, -0.2) is 9.69 Å². The smallest absolute Gasteiger partial charge is 0.338 e. The highest BCUT2D eigenvalue weighted by Gasteiger charge is 2.39. The summed E-state index contributed by atoms with van der Waals surface area (Å²) in [5.74, 6) is -0.988. The number of nitrogens with one attached hydrogen (secondary N) is 1. The Hall–Kier alpha value is -2.70. The molecule has 1 aliphatic rings. The van der Waals surface area contributed by atoms with E-state index >= 15 is 0 Å². The lowest BCUT2D eigenvalue weighted by atomic mass is 10.1. The van der Waals surface area contributed by atoms with Gasteiger partial charge in [0.05, 0.1) is 30.3 Å². The van der Waals surface area contributed by atoms with Crippen LogP contribution in [0.3, 0.4) is 0 Å². The molecule has 1 heterocycles. The summed E-state index contributed by atoms with van der Waals surface area (Å²) in [5, 5.41) is 3.83. The second-order valence-electron chi connectivity index (χ2n) is 6.42. The first-order valence-electron chi connectivity index (χ1n) is 9.11. The fraction of sp³-hybridized carbons (Fsp3) is 0.286. The van der Waals surface area contributed by atoms with Crippen LogP contribution in [-0.4, -0.2) is 37.0 Å². The third kappa shape index (κ3) is 4.58. The van der Waals surface area contributed by atoms with Crippen LogP contribution in [0.25, 0.3) is 0 Å². The molecule has 2 aromatic rings. The highest BCUT2D eigenvalue weighted by molar-refractivity contribution is 6.30. The van der Waals surface area contributed by atoms with Gasteiger partial charge in [-0.05, 0) is 61.9 Å². The third-order valence-electron chi connectivity index (χ3n) is 4.50. The second kappa shape index (κ2) is 8.99. The van der Waals surface area contributed by atoms with E-state index in [-0.39, 0.29) is 24.8 Å². The highest BCUT2D eigenvalue weighted by atomic mass is 35.5. The zero-order chi connectivity index (χ0) is 20.1.